The fraction of sp³-hybridized carbons (Fsp3) is 0.552. The highest BCUT2D eigenvalue weighted by Gasteiger charge is 2.41. The van der Waals surface area contributed by atoms with E-state index in [1.807, 2.05) is 12.1 Å². The molecule has 2 aromatic carbocycles. The summed E-state index contributed by atoms with van der Waals surface area (Å²) in [5, 5.41) is 3.36. The number of carbonyl (C=O) groups is 1. The van der Waals surface area contributed by atoms with Crippen LogP contribution < -0.4 is 10.1 Å². The zero-order valence-electron chi connectivity index (χ0n) is 21.0. The highest BCUT2D eigenvalue weighted by molar-refractivity contribution is 5.83. The van der Waals surface area contributed by atoms with Gasteiger partial charge in [-0.15, -0.1) is 0 Å². The monoisotopic (exact) mass is 484 g/mol. The quantitative estimate of drug-likeness (QED) is 0.589. The molecule has 1 spiro atoms. The number of nitrogens with zero attached hydrogens (tertiary/aromatic N) is 1. The van der Waals surface area contributed by atoms with E-state index in [1.54, 1.807) is 6.07 Å². The second kappa shape index (κ2) is 11.5. The second-order valence-corrected chi connectivity index (χ2v) is 10.7. The van der Waals surface area contributed by atoms with Gasteiger partial charge in [-0.05, 0) is 86.9 Å². The van der Waals surface area contributed by atoms with Gasteiger partial charge in [-0.25, -0.2) is 8.78 Å². The highest BCUT2D eigenvalue weighted by atomic mass is 19.2. The van der Waals surface area contributed by atoms with E-state index in [0.717, 1.165) is 69.3 Å². The van der Waals surface area contributed by atoms with Crippen molar-refractivity contribution in [1.29, 1.82) is 0 Å². The minimum atomic E-state index is -0.821. The number of aryl methyl sites for hydroxylation is 1. The Morgan fingerprint density at radius 3 is 2.57 bits per heavy atom. The topological polar surface area (TPSA) is 41.6 Å². The van der Waals surface area contributed by atoms with Gasteiger partial charge < -0.3 is 10.1 Å². The number of hydrogen-bond donors (Lipinski definition) is 1. The molecule has 35 heavy (non-hydrogen) atoms. The lowest BCUT2D eigenvalue weighted by molar-refractivity contribution is -0.136. The number of nitrogens with one attached hydrogen (secondary N) is 1. The molecule has 4 rings (SSSR count). The van der Waals surface area contributed by atoms with Crippen molar-refractivity contribution in [3.63, 3.8) is 0 Å². The third-order valence-corrected chi connectivity index (χ3v) is 7.54. The number of piperidine rings is 1. The molecule has 0 radical (unpaired) electrons. The number of fused-ring (bicyclic) bond motifs is 1. The molecule has 0 aliphatic carbocycles. The lowest BCUT2D eigenvalue weighted by atomic mass is 9.73. The molecule has 1 atom stereocenters. The summed E-state index contributed by atoms with van der Waals surface area (Å²) in [5.74, 6) is -0.112. The fourth-order valence-corrected chi connectivity index (χ4v) is 5.52. The molecular formula is C29H38F2N2O2. The van der Waals surface area contributed by atoms with Crippen LogP contribution in [0, 0.1) is 23.0 Å². The third kappa shape index (κ3) is 6.60. The summed E-state index contributed by atoms with van der Waals surface area (Å²) in [6.07, 6.45) is 6.23. The molecule has 0 bridgehead atoms. The lowest BCUT2D eigenvalue weighted by Crippen LogP contribution is -2.52. The summed E-state index contributed by atoms with van der Waals surface area (Å²) in [4.78, 5) is 16.0. The second-order valence-electron chi connectivity index (χ2n) is 10.7. The fourth-order valence-electron chi connectivity index (χ4n) is 5.52. The number of halogens is 2. The third-order valence-electron chi connectivity index (χ3n) is 7.54. The van der Waals surface area contributed by atoms with Gasteiger partial charge in [0, 0.05) is 6.54 Å². The normalized spacial score (nSPS) is 21.5. The van der Waals surface area contributed by atoms with E-state index < -0.39 is 17.0 Å². The van der Waals surface area contributed by atoms with E-state index in [-0.39, 0.29) is 11.9 Å². The van der Waals surface area contributed by atoms with Gasteiger partial charge in [0.2, 0.25) is 5.91 Å². The van der Waals surface area contributed by atoms with Crippen LogP contribution in [0.25, 0.3) is 0 Å². The molecule has 1 N–H and O–H groups in total. The van der Waals surface area contributed by atoms with E-state index in [1.165, 1.54) is 17.7 Å². The van der Waals surface area contributed by atoms with Crippen molar-refractivity contribution in [3.05, 3.63) is 65.2 Å². The molecular weight excluding hydrogens is 446 g/mol. The molecule has 1 saturated heterocycles. The van der Waals surface area contributed by atoms with Crippen molar-refractivity contribution < 1.29 is 18.3 Å². The first-order valence-electron chi connectivity index (χ1n) is 13.0. The molecule has 6 heteroatoms. The molecule has 0 saturated carbocycles. The average Bonchev–Trinajstić information content (AvgIpc) is 2.83. The molecule has 1 amide bonds. The number of carbonyl (C=O) groups excluding carboxylic acids is 1. The predicted octanol–water partition coefficient (Wildman–Crippen LogP) is 5.88. The lowest BCUT2D eigenvalue weighted by Gasteiger charge is -2.42. The van der Waals surface area contributed by atoms with Gasteiger partial charge in [-0.1, -0.05) is 44.5 Å². The van der Waals surface area contributed by atoms with Crippen molar-refractivity contribution >= 4 is 5.91 Å². The van der Waals surface area contributed by atoms with Crippen LogP contribution in [-0.2, 0) is 17.8 Å². The first-order chi connectivity index (χ1) is 16.8. The van der Waals surface area contributed by atoms with Crippen LogP contribution in [0.2, 0.25) is 0 Å². The molecule has 190 valence electrons. The Morgan fingerprint density at radius 1 is 1.06 bits per heavy atom. The van der Waals surface area contributed by atoms with E-state index >= 15 is 0 Å². The maximum absolute atomic E-state index is 13.7. The molecule has 4 nitrogen and oxygen atoms in total. The molecule has 2 aliphatic heterocycles. The van der Waals surface area contributed by atoms with Crippen LogP contribution in [0.3, 0.4) is 0 Å². The van der Waals surface area contributed by atoms with Gasteiger partial charge in [-0.3, -0.25) is 9.69 Å². The summed E-state index contributed by atoms with van der Waals surface area (Å²) in [5.41, 5.74) is 1.60. The van der Waals surface area contributed by atoms with Gasteiger partial charge in [0.15, 0.2) is 11.6 Å². The van der Waals surface area contributed by atoms with E-state index in [9.17, 15) is 13.6 Å². The molecule has 2 aliphatic rings. The van der Waals surface area contributed by atoms with Crippen molar-refractivity contribution in [3.8, 4) is 5.75 Å². The minimum absolute atomic E-state index is 0.0351. The van der Waals surface area contributed by atoms with Crippen LogP contribution in [0.5, 0.6) is 5.75 Å². The number of ether oxygens (including phenoxy) is 1. The standard InChI is InChI=1S/C29H38F2N2O2/c1-21(2)17-24-20-35-27-9-4-3-7-23(27)8-5-6-12-29(28(34)32-24)13-15-33(16-14-29)19-22-10-11-25(30)26(31)18-22/h3-4,7,9-11,18,21,24H,5-6,8,12-17,19-20H2,1-2H3,(H,32,34)/t24-/m0/s1. The summed E-state index contributed by atoms with van der Waals surface area (Å²) in [6.45, 7) is 6.90. The highest BCUT2D eigenvalue weighted by Crippen LogP contribution is 2.38. The summed E-state index contributed by atoms with van der Waals surface area (Å²) in [7, 11) is 0. The van der Waals surface area contributed by atoms with Crippen molar-refractivity contribution in [2.75, 3.05) is 19.7 Å². The summed E-state index contributed by atoms with van der Waals surface area (Å²) < 4.78 is 33.2. The van der Waals surface area contributed by atoms with Gasteiger partial charge >= 0.3 is 0 Å². The number of para-hydroxylation sites is 1. The smallest absolute Gasteiger partial charge is 0.226 e. The molecule has 2 heterocycles. The number of benzene rings is 2. The molecule has 2 aromatic rings. The minimum Gasteiger partial charge on any atom is -0.491 e. The number of likely N-dealkylation sites (tertiary alicyclic amines) is 1. The Kier molecular flexibility index (Phi) is 8.42. The predicted molar refractivity (Wildman–Crippen MR) is 134 cm³/mol. The van der Waals surface area contributed by atoms with Crippen molar-refractivity contribution in [2.24, 2.45) is 11.3 Å². The largest absolute Gasteiger partial charge is 0.491 e. The van der Waals surface area contributed by atoms with E-state index in [4.69, 9.17) is 4.74 Å². The van der Waals surface area contributed by atoms with E-state index in [0.29, 0.717) is 19.1 Å². The van der Waals surface area contributed by atoms with Crippen molar-refractivity contribution in [2.45, 2.75) is 71.4 Å². The SMILES string of the molecule is CC(C)C[C@H]1COc2ccccc2CCCCC2(CCN(Cc3ccc(F)c(F)c3)CC2)C(=O)N1. The Morgan fingerprint density at radius 2 is 1.83 bits per heavy atom. The van der Waals surface area contributed by atoms with Crippen LogP contribution in [0.1, 0.15) is 63.5 Å². The molecule has 1 fully saturated rings. The zero-order valence-corrected chi connectivity index (χ0v) is 21.0. The Bertz CT molecular complexity index is 1000. The first kappa shape index (κ1) is 25.6. The van der Waals surface area contributed by atoms with Gasteiger partial charge in [0.05, 0.1) is 11.5 Å². The van der Waals surface area contributed by atoms with Crippen LogP contribution >= 0.6 is 0 Å². The maximum Gasteiger partial charge on any atom is 0.226 e. The molecule has 0 aromatic heterocycles. The Hall–Kier alpha value is -2.47. The average molecular weight is 485 g/mol. The summed E-state index contributed by atoms with van der Waals surface area (Å²) in [6, 6.07) is 12.3. The van der Waals surface area contributed by atoms with Crippen LogP contribution in [0.15, 0.2) is 42.5 Å². The van der Waals surface area contributed by atoms with Gasteiger partial charge in [-0.2, -0.15) is 0 Å². The van der Waals surface area contributed by atoms with Gasteiger partial charge in [0.25, 0.3) is 0 Å². The zero-order chi connectivity index (χ0) is 24.8. The van der Waals surface area contributed by atoms with Gasteiger partial charge in [0.1, 0.15) is 12.4 Å². The van der Waals surface area contributed by atoms with E-state index in [2.05, 4.69) is 36.2 Å². The number of amides is 1. The van der Waals surface area contributed by atoms with Crippen LogP contribution in [-0.4, -0.2) is 36.5 Å². The molecule has 0 unspecified atom stereocenters. The first-order valence-corrected chi connectivity index (χ1v) is 13.0. The van der Waals surface area contributed by atoms with Crippen molar-refractivity contribution in [1.82, 2.24) is 10.2 Å². The number of rotatable bonds is 4. The number of hydrogen-bond acceptors (Lipinski definition) is 3. The Balaban J connectivity index is 1.46. The van der Waals surface area contributed by atoms with Crippen LogP contribution in [0.4, 0.5) is 8.78 Å². The Labute approximate surface area is 208 Å². The maximum atomic E-state index is 13.7. The summed E-state index contributed by atoms with van der Waals surface area (Å²) >= 11 is 0.